The van der Waals surface area contributed by atoms with Crippen molar-refractivity contribution in [3.63, 3.8) is 0 Å². The minimum atomic E-state index is -0.355. The third-order valence-corrected chi connectivity index (χ3v) is 9.19. The average Bonchev–Trinajstić information content (AvgIpc) is 3.30. The molecule has 208 valence electrons. The number of aryl methyl sites for hydroxylation is 1. The Bertz CT molecular complexity index is 2060. The molecule has 0 unspecified atom stereocenters. The van der Waals surface area contributed by atoms with Gasteiger partial charge in [0.05, 0.1) is 16.3 Å². The van der Waals surface area contributed by atoms with Crippen molar-refractivity contribution in [1.82, 2.24) is 4.57 Å². The number of thiazole rings is 1. The van der Waals surface area contributed by atoms with E-state index in [0.717, 1.165) is 46.4 Å². The average molecular weight is 614 g/mol. The third kappa shape index (κ3) is 5.00. The van der Waals surface area contributed by atoms with Gasteiger partial charge in [0.25, 0.3) is 5.56 Å². The Hall–Kier alpha value is -3.97. The van der Waals surface area contributed by atoms with Crippen molar-refractivity contribution >= 4 is 46.3 Å². The highest BCUT2D eigenvalue weighted by atomic mass is 35.5. The summed E-state index contributed by atoms with van der Waals surface area (Å²) in [6.45, 7) is 0.284. The van der Waals surface area contributed by atoms with Crippen LogP contribution in [0, 0.1) is 5.82 Å². The Balaban J connectivity index is 1.30. The van der Waals surface area contributed by atoms with E-state index in [1.54, 1.807) is 28.8 Å². The molecule has 42 heavy (non-hydrogen) atoms. The first kappa shape index (κ1) is 26.9. The number of fused-ring (bicyclic) bond motifs is 3. The van der Waals surface area contributed by atoms with Gasteiger partial charge in [-0.3, -0.25) is 9.36 Å². The van der Waals surface area contributed by atoms with Gasteiger partial charge >= 0.3 is 0 Å². The van der Waals surface area contributed by atoms with Gasteiger partial charge in [-0.15, -0.1) is 0 Å². The van der Waals surface area contributed by atoms with Crippen molar-refractivity contribution in [2.24, 2.45) is 4.99 Å². The summed E-state index contributed by atoms with van der Waals surface area (Å²) in [6, 6.07) is 27.2. The molecule has 0 fully saturated rings. The highest BCUT2D eigenvalue weighted by molar-refractivity contribution is 7.07. The molecule has 2 heterocycles. The van der Waals surface area contributed by atoms with Crippen molar-refractivity contribution in [3.05, 3.63) is 160 Å². The van der Waals surface area contributed by atoms with E-state index < -0.39 is 0 Å². The fourth-order valence-electron chi connectivity index (χ4n) is 5.61. The minimum Gasteiger partial charge on any atom is -0.489 e. The van der Waals surface area contributed by atoms with Crippen molar-refractivity contribution in [2.45, 2.75) is 25.5 Å². The van der Waals surface area contributed by atoms with Crippen LogP contribution in [0.1, 0.15) is 40.3 Å². The van der Waals surface area contributed by atoms with Crippen LogP contribution in [0.2, 0.25) is 10.0 Å². The molecular weight excluding hydrogens is 590 g/mol. The van der Waals surface area contributed by atoms with Crippen LogP contribution in [-0.4, -0.2) is 4.57 Å². The lowest BCUT2D eigenvalue weighted by atomic mass is 9.83. The molecule has 4 nitrogen and oxygen atoms in total. The number of halogens is 3. The van der Waals surface area contributed by atoms with Crippen LogP contribution in [0.5, 0.6) is 5.75 Å². The number of nitrogens with zero attached hydrogens (tertiary/aromatic N) is 2. The summed E-state index contributed by atoms with van der Waals surface area (Å²) in [7, 11) is 0. The molecule has 0 saturated heterocycles. The summed E-state index contributed by atoms with van der Waals surface area (Å²) in [5.41, 5.74) is 6.71. The van der Waals surface area contributed by atoms with Gasteiger partial charge in [0.15, 0.2) is 4.80 Å². The quantitative estimate of drug-likeness (QED) is 0.208. The number of hydrogen-bond acceptors (Lipinski definition) is 4. The van der Waals surface area contributed by atoms with Crippen LogP contribution in [0.15, 0.2) is 106 Å². The molecule has 5 aromatic rings. The van der Waals surface area contributed by atoms with Crippen molar-refractivity contribution in [1.29, 1.82) is 0 Å². The van der Waals surface area contributed by atoms with Gasteiger partial charge in [-0.05, 0) is 77.6 Å². The van der Waals surface area contributed by atoms with Gasteiger partial charge in [0.2, 0.25) is 0 Å². The second kappa shape index (κ2) is 11.0. The topological polar surface area (TPSA) is 43.6 Å². The Morgan fingerprint density at radius 3 is 2.64 bits per heavy atom. The van der Waals surface area contributed by atoms with E-state index in [9.17, 15) is 9.18 Å². The van der Waals surface area contributed by atoms with Crippen molar-refractivity contribution < 1.29 is 9.13 Å². The minimum absolute atomic E-state index is 0.127. The Morgan fingerprint density at radius 2 is 1.81 bits per heavy atom. The van der Waals surface area contributed by atoms with Gasteiger partial charge < -0.3 is 4.74 Å². The van der Waals surface area contributed by atoms with E-state index in [-0.39, 0.29) is 24.0 Å². The van der Waals surface area contributed by atoms with Crippen LogP contribution in [0.25, 0.3) is 11.8 Å². The zero-order valence-corrected chi connectivity index (χ0v) is 24.5. The van der Waals surface area contributed by atoms with Crippen molar-refractivity contribution in [3.8, 4) is 5.75 Å². The largest absolute Gasteiger partial charge is 0.489 e. The van der Waals surface area contributed by atoms with Crippen LogP contribution < -0.4 is 19.6 Å². The molecule has 7 rings (SSSR count). The number of ether oxygens (including phenoxy) is 1. The molecule has 0 spiro atoms. The van der Waals surface area contributed by atoms with Crippen molar-refractivity contribution in [2.75, 3.05) is 0 Å². The maximum absolute atomic E-state index is 14.0. The van der Waals surface area contributed by atoms with E-state index in [1.165, 1.54) is 29.0 Å². The zero-order valence-electron chi connectivity index (χ0n) is 22.2. The first-order valence-electron chi connectivity index (χ1n) is 13.5. The van der Waals surface area contributed by atoms with E-state index in [2.05, 4.69) is 12.1 Å². The lowest BCUT2D eigenvalue weighted by molar-refractivity contribution is 0.306. The highest BCUT2D eigenvalue weighted by Gasteiger charge is 2.32. The molecule has 1 aromatic heterocycles. The molecule has 0 radical (unpaired) electrons. The Kier molecular flexibility index (Phi) is 7.06. The molecule has 0 bridgehead atoms. The molecule has 0 N–H and O–H groups in total. The molecule has 1 atom stereocenters. The lowest BCUT2D eigenvalue weighted by Gasteiger charge is -2.30. The summed E-state index contributed by atoms with van der Waals surface area (Å²) in [5.74, 6) is 0.341. The summed E-state index contributed by atoms with van der Waals surface area (Å²) < 4.78 is 22.2. The molecule has 0 saturated carbocycles. The zero-order chi connectivity index (χ0) is 28.8. The molecule has 0 amide bonds. The fraction of sp³-hybridized carbons (Fsp3) is 0.118. The van der Waals surface area contributed by atoms with Gasteiger partial charge in [0, 0.05) is 21.2 Å². The Morgan fingerprint density at radius 1 is 0.976 bits per heavy atom. The normalized spacial score (nSPS) is 16.0. The number of aromatic nitrogens is 1. The van der Waals surface area contributed by atoms with E-state index in [1.807, 2.05) is 48.5 Å². The standard InChI is InChI=1S/C34H23Cl2FN2O2S/c35-24-12-8-23(29(36)18-24)19-41-26-6-3-4-20(16-26)17-30-33(40)39-32(22-9-13-25(37)14-10-22)28-15-11-21-5-1-2-7-27(21)31(28)38-34(39)42-30/h1-10,12-14,16-18,32H,11,15,19H2/b30-17+/t32-/m0/s1. The van der Waals surface area contributed by atoms with E-state index in [4.69, 9.17) is 32.9 Å². The lowest BCUT2D eigenvalue weighted by Crippen LogP contribution is -2.38. The summed E-state index contributed by atoms with van der Waals surface area (Å²) >= 11 is 13.7. The second-order valence-corrected chi connectivity index (χ2v) is 12.1. The van der Waals surface area contributed by atoms with E-state index in [0.29, 0.717) is 25.1 Å². The number of hydrogen-bond donors (Lipinski definition) is 0. The van der Waals surface area contributed by atoms with Gasteiger partial charge in [0.1, 0.15) is 18.2 Å². The molecular formula is C34H23Cl2FN2O2S. The van der Waals surface area contributed by atoms with Crippen LogP contribution in [-0.2, 0) is 13.0 Å². The maximum Gasteiger partial charge on any atom is 0.271 e. The van der Waals surface area contributed by atoms with E-state index >= 15 is 0 Å². The summed E-state index contributed by atoms with van der Waals surface area (Å²) in [5, 5.41) is 1.11. The third-order valence-electron chi connectivity index (χ3n) is 7.62. The molecule has 8 heteroatoms. The number of rotatable bonds is 5. The van der Waals surface area contributed by atoms with Crippen LogP contribution >= 0.6 is 34.5 Å². The van der Waals surface area contributed by atoms with Crippen LogP contribution in [0.3, 0.4) is 0 Å². The number of allylic oxidation sites excluding steroid dienone is 1. The molecule has 4 aromatic carbocycles. The summed E-state index contributed by atoms with van der Waals surface area (Å²) in [4.78, 5) is 19.6. The van der Waals surface area contributed by atoms with Crippen LogP contribution in [0.4, 0.5) is 4.39 Å². The highest BCUT2D eigenvalue weighted by Crippen LogP contribution is 2.41. The SMILES string of the molecule is O=c1/c(=C\c2cccc(OCc3ccc(Cl)cc3Cl)c2)sc2n1[C@@H](c1ccc(F)cc1)C1=C(N=2)c2ccccc2CC1. The molecule has 1 aliphatic carbocycles. The van der Waals surface area contributed by atoms with Gasteiger partial charge in [-0.25, -0.2) is 9.38 Å². The Labute approximate surface area is 255 Å². The number of benzene rings is 4. The predicted octanol–water partition coefficient (Wildman–Crippen LogP) is 7.34. The first-order chi connectivity index (χ1) is 20.4. The monoisotopic (exact) mass is 612 g/mol. The maximum atomic E-state index is 14.0. The fourth-order valence-corrected chi connectivity index (χ4v) is 7.08. The second-order valence-electron chi connectivity index (χ2n) is 10.3. The molecule has 1 aliphatic heterocycles. The van der Waals surface area contributed by atoms with Gasteiger partial charge in [-0.1, -0.05) is 89.1 Å². The smallest absolute Gasteiger partial charge is 0.271 e. The predicted molar refractivity (Wildman–Crippen MR) is 166 cm³/mol. The van der Waals surface area contributed by atoms with Gasteiger partial charge in [-0.2, -0.15) is 0 Å². The summed E-state index contributed by atoms with van der Waals surface area (Å²) in [6.07, 6.45) is 3.50. The molecule has 2 aliphatic rings. The first-order valence-corrected chi connectivity index (χ1v) is 15.1.